The minimum absolute atomic E-state index is 0.181. The topological polar surface area (TPSA) is 17.1 Å². The molecule has 0 saturated carbocycles. The highest BCUT2D eigenvalue weighted by Gasteiger charge is 2.80. The Bertz CT molecular complexity index is 1480. The van der Waals surface area contributed by atoms with Crippen LogP contribution in [0.4, 0.5) is 26.3 Å². The number of aldehydes is 1. The lowest BCUT2D eigenvalue weighted by molar-refractivity contribution is -0.254. The number of hydrogen-bond acceptors (Lipinski definition) is 3. The first-order valence-corrected chi connectivity index (χ1v) is 12.3. The Morgan fingerprint density at radius 2 is 1.11 bits per heavy atom. The number of hydrogen-bond donors (Lipinski definition) is 0. The summed E-state index contributed by atoms with van der Waals surface area (Å²) in [4.78, 5) is 12.5. The van der Waals surface area contributed by atoms with Gasteiger partial charge in [-0.05, 0) is 35.7 Å². The maximum Gasteiger partial charge on any atom is 0.380 e. The van der Waals surface area contributed by atoms with Gasteiger partial charge in [-0.25, -0.2) is 0 Å². The molecule has 0 radical (unpaired) electrons. The maximum absolute atomic E-state index is 15.3. The predicted octanol–water partition coefficient (Wildman–Crippen LogP) is 9.09. The van der Waals surface area contributed by atoms with E-state index in [4.69, 9.17) is 0 Å². The van der Waals surface area contributed by atoms with Crippen molar-refractivity contribution in [2.75, 3.05) is 0 Å². The molecule has 0 spiro atoms. The molecule has 0 amide bonds. The smallest absolute Gasteiger partial charge is 0.297 e. The van der Waals surface area contributed by atoms with Crippen LogP contribution < -0.4 is 0 Å². The zero-order valence-electron chi connectivity index (χ0n) is 18.5. The first kappa shape index (κ1) is 24.5. The van der Waals surface area contributed by atoms with E-state index in [1.807, 2.05) is 0 Å². The van der Waals surface area contributed by atoms with Crippen molar-refractivity contribution in [1.29, 1.82) is 0 Å². The van der Waals surface area contributed by atoms with Gasteiger partial charge in [0.15, 0.2) is 6.29 Å². The third-order valence-corrected chi connectivity index (χ3v) is 8.32. The van der Waals surface area contributed by atoms with Crippen molar-refractivity contribution in [3.8, 4) is 20.9 Å². The Labute approximate surface area is 210 Å². The molecule has 2 aromatic heterocycles. The summed E-state index contributed by atoms with van der Waals surface area (Å²) < 4.78 is 90.7. The van der Waals surface area contributed by atoms with Crippen molar-refractivity contribution in [3.63, 3.8) is 0 Å². The molecule has 36 heavy (non-hydrogen) atoms. The fraction of sp³-hybridized carbons (Fsp3) is 0.148. The van der Waals surface area contributed by atoms with Gasteiger partial charge in [-0.3, -0.25) is 4.79 Å². The molecule has 4 aromatic rings. The van der Waals surface area contributed by atoms with Gasteiger partial charge in [0.25, 0.3) is 0 Å². The molecule has 0 N–H and O–H groups in total. The molecular formula is C27H16F6OS2. The summed E-state index contributed by atoms with van der Waals surface area (Å²) in [6.45, 7) is 1.42. The molecule has 0 bridgehead atoms. The zero-order valence-corrected chi connectivity index (χ0v) is 20.1. The average molecular weight is 535 g/mol. The number of alkyl halides is 6. The SMILES string of the molecule is Cc1sc(-c2ccccc2)cc1C1=C(c2cc(-c3ccccc3)sc2C=O)C(F)(F)C(F)(F)C1(F)F. The molecule has 2 heterocycles. The Hall–Kier alpha value is -3.17. The van der Waals surface area contributed by atoms with Crippen LogP contribution in [-0.2, 0) is 0 Å². The van der Waals surface area contributed by atoms with Gasteiger partial charge < -0.3 is 0 Å². The second kappa shape index (κ2) is 8.45. The summed E-state index contributed by atoms with van der Waals surface area (Å²) in [5, 5.41) is 0. The first-order chi connectivity index (χ1) is 17.0. The summed E-state index contributed by atoms with van der Waals surface area (Å²) >= 11 is 1.82. The van der Waals surface area contributed by atoms with Crippen LogP contribution in [0.2, 0.25) is 0 Å². The summed E-state index contributed by atoms with van der Waals surface area (Å²) in [6.07, 6.45) is 0.234. The third kappa shape index (κ3) is 3.48. The van der Waals surface area contributed by atoms with Gasteiger partial charge in [-0.2, -0.15) is 26.3 Å². The minimum Gasteiger partial charge on any atom is -0.297 e. The predicted molar refractivity (Wildman–Crippen MR) is 131 cm³/mol. The third-order valence-electron chi connectivity index (χ3n) is 6.11. The zero-order chi connectivity index (χ0) is 25.9. The normalized spacial score (nSPS) is 18.0. The summed E-state index contributed by atoms with van der Waals surface area (Å²) in [7, 11) is 0. The van der Waals surface area contributed by atoms with Crippen LogP contribution in [-0.4, -0.2) is 24.1 Å². The molecule has 0 atom stereocenters. The van der Waals surface area contributed by atoms with E-state index in [2.05, 4.69) is 0 Å². The lowest BCUT2D eigenvalue weighted by Crippen LogP contribution is -2.48. The first-order valence-electron chi connectivity index (χ1n) is 10.7. The number of carbonyl (C=O) groups excluding carboxylic acids is 1. The molecule has 0 fully saturated rings. The molecule has 0 unspecified atom stereocenters. The summed E-state index contributed by atoms with van der Waals surface area (Å²) in [6, 6.07) is 19.3. The van der Waals surface area contributed by atoms with E-state index in [1.165, 1.54) is 13.0 Å². The van der Waals surface area contributed by atoms with Crippen LogP contribution in [0.5, 0.6) is 0 Å². The van der Waals surface area contributed by atoms with Crippen molar-refractivity contribution >= 4 is 40.1 Å². The van der Waals surface area contributed by atoms with Crippen LogP contribution in [0.1, 0.15) is 25.7 Å². The van der Waals surface area contributed by atoms with E-state index < -0.39 is 34.5 Å². The van der Waals surface area contributed by atoms with Crippen LogP contribution in [0, 0.1) is 6.92 Å². The standard InChI is InChI=1S/C27H16F6OS2/c1-15-18(12-20(35-15)16-8-4-2-5-9-16)23-24(26(30,31)27(32,33)25(23,28)29)19-13-21(36-22(19)14-34)17-10-6-3-7-11-17/h2-14H,1H3. The van der Waals surface area contributed by atoms with Crippen molar-refractivity contribution in [1.82, 2.24) is 0 Å². The van der Waals surface area contributed by atoms with Gasteiger partial charge >= 0.3 is 17.8 Å². The molecule has 5 rings (SSSR count). The lowest BCUT2D eigenvalue weighted by atomic mass is 9.94. The highest BCUT2D eigenvalue weighted by atomic mass is 32.1. The molecule has 9 heteroatoms. The monoisotopic (exact) mass is 534 g/mol. The van der Waals surface area contributed by atoms with Crippen LogP contribution in [0.15, 0.2) is 72.8 Å². The quantitative estimate of drug-likeness (QED) is 0.184. The molecular weight excluding hydrogens is 518 g/mol. The molecule has 0 aliphatic heterocycles. The molecule has 184 valence electrons. The Kier molecular flexibility index (Phi) is 5.76. The fourth-order valence-electron chi connectivity index (χ4n) is 4.34. The summed E-state index contributed by atoms with van der Waals surface area (Å²) in [5.41, 5.74) is -2.80. The number of rotatable bonds is 5. The van der Waals surface area contributed by atoms with E-state index in [1.54, 1.807) is 60.7 Å². The number of carbonyl (C=O) groups is 1. The average Bonchev–Trinajstić information content (AvgIpc) is 3.48. The highest BCUT2D eigenvalue weighted by molar-refractivity contribution is 7.17. The molecule has 1 nitrogen and oxygen atoms in total. The van der Waals surface area contributed by atoms with E-state index >= 15 is 17.6 Å². The van der Waals surface area contributed by atoms with Crippen LogP contribution in [0.25, 0.3) is 32.0 Å². The van der Waals surface area contributed by atoms with E-state index in [0.29, 0.717) is 20.9 Å². The number of benzene rings is 2. The number of thiophene rings is 2. The van der Waals surface area contributed by atoms with E-state index in [0.717, 1.165) is 28.7 Å². The van der Waals surface area contributed by atoms with Crippen LogP contribution in [0.3, 0.4) is 0 Å². The van der Waals surface area contributed by atoms with E-state index in [-0.39, 0.29) is 21.6 Å². The maximum atomic E-state index is 15.3. The molecule has 1 aliphatic rings. The van der Waals surface area contributed by atoms with Crippen molar-refractivity contribution in [2.45, 2.75) is 24.7 Å². The Balaban J connectivity index is 1.81. The number of halogens is 6. The van der Waals surface area contributed by atoms with Gasteiger partial charge in [-0.1, -0.05) is 60.7 Å². The molecule has 2 aromatic carbocycles. The van der Waals surface area contributed by atoms with Crippen molar-refractivity contribution in [2.24, 2.45) is 0 Å². The minimum atomic E-state index is -5.69. The van der Waals surface area contributed by atoms with E-state index in [9.17, 15) is 13.6 Å². The fourth-order valence-corrected chi connectivity index (χ4v) is 6.36. The lowest BCUT2D eigenvalue weighted by Gasteiger charge is -2.25. The summed E-state index contributed by atoms with van der Waals surface area (Å²) in [5.74, 6) is -16.1. The number of allylic oxidation sites excluding steroid dienone is 2. The van der Waals surface area contributed by atoms with Gasteiger partial charge in [-0.15, -0.1) is 22.7 Å². The molecule has 0 saturated heterocycles. The van der Waals surface area contributed by atoms with Crippen molar-refractivity contribution in [3.05, 3.63) is 93.7 Å². The second-order valence-corrected chi connectivity index (χ2v) is 10.6. The second-order valence-electron chi connectivity index (χ2n) is 8.29. The van der Waals surface area contributed by atoms with Crippen LogP contribution >= 0.6 is 22.7 Å². The highest BCUT2D eigenvalue weighted by Crippen LogP contribution is 2.66. The van der Waals surface area contributed by atoms with Gasteiger partial charge in [0.1, 0.15) is 0 Å². The Morgan fingerprint density at radius 1 is 0.667 bits per heavy atom. The molecule has 1 aliphatic carbocycles. The van der Waals surface area contributed by atoms with Gasteiger partial charge in [0.05, 0.1) is 4.88 Å². The largest absolute Gasteiger partial charge is 0.380 e. The Morgan fingerprint density at radius 3 is 1.61 bits per heavy atom. The van der Waals surface area contributed by atoms with Gasteiger partial charge in [0, 0.05) is 31.3 Å². The number of aryl methyl sites for hydroxylation is 1. The van der Waals surface area contributed by atoms with Gasteiger partial charge in [0.2, 0.25) is 0 Å². The van der Waals surface area contributed by atoms with Crippen molar-refractivity contribution < 1.29 is 31.1 Å².